The van der Waals surface area contributed by atoms with Crippen LogP contribution < -0.4 is 0 Å². The fourth-order valence-corrected chi connectivity index (χ4v) is 4.49. The van der Waals surface area contributed by atoms with Gasteiger partial charge in [0.25, 0.3) is 10.2 Å². The van der Waals surface area contributed by atoms with Crippen LogP contribution in [-0.4, -0.2) is 62.3 Å². The molecule has 2 heterocycles. The van der Waals surface area contributed by atoms with Gasteiger partial charge < -0.3 is 4.74 Å². The maximum absolute atomic E-state index is 12.5. The van der Waals surface area contributed by atoms with Crippen molar-refractivity contribution in [2.75, 3.05) is 39.2 Å². The molecule has 0 saturated carbocycles. The Bertz CT molecular complexity index is 384. The molecule has 0 spiro atoms. The molecule has 0 bridgehead atoms. The Morgan fingerprint density at radius 3 is 2.79 bits per heavy atom. The lowest BCUT2D eigenvalue weighted by atomic mass is 10.0. The molecule has 2 atom stereocenters. The zero-order valence-corrected chi connectivity index (χ0v) is 13.0. The van der Waals surface area contributed by atoms with E-state index in [1.54, 1.807) is 11.4 Å². The molecule has 5 nitrogen and oxygen atoms in total. The van der Waals surface area contributed by atoms with Gasteiger partial charge in [0, 0.05) is 39.2 Å². The van der Waals surface area contributed by atoms with Gasteiger partial charge >= 0.3 is 0 Å². The van der Waals surface area contributed by atoms with E-state index in [-0.39, 0.29) is 12.0 Å². The van der Waals surface area contributed by atoms with E-state index in [9.17, 15) is 8.42 Å². The van der Waals surface area contributed by atoms with Gasteiger partial charge in [-0.25, -0.2) is 0 Å². The lowest BCUT2D eigenvalue weighted by Crippen LogP contribution is -2.48. The maximum Gasteiger partial charge on any atom is 0.281 e. The molecule has 112 valence electrons. The van der Waals surface area contributed by atoms with Gasteiger partial charge in [-0.05, 0) is 31.6 Å². The molecule has 19 heavy (non-hydrogen) atoms. The minimum Gasteiger partial charge on any atom is -0.377 e. The number of alkyl halides is 1. The Balaban J connectivity index is 1.95. The Morgan fingerprint density at radius 1 is 1.37 bits per heavy atom. The molecule has 2 saturated heterocycles. The minimum atomic E-state index is -3.36. The lowest BCUT2D eigenvalue weighted by Gasteiger charge is -2.34. The first-order chi connectivity index (χ1) is 9.04. The van der Waals surface area contributed by atoms with Crippen molar-refractivity contribution < 1.29 is 13.2 Å². The van der Waals surface area contributed by atoms with Crippen LogP contribution in [0.2, 0.25) is 0 Å². The van der Waals surface area contributed by atoms with Crippen LogP contribution in [0.4, 0.5) is 0 Å². The second-order valence-electron chi connectivity index (χ2n) is 5.44. The van der Waals surface area contributed by atoms with E-state index in [2.05, 4.69) is 0 Å². The van der Waals surface area contributed by atoms with Crippen molar-refractivity contribution in [3.63, 3.8) is 0 Å². The van der Waals surface area contributed by atoms with Crippen molar-refractivity contribution >= 4 is 21.8 Å². The van der Waals surface area contributed by atoms with E-state index in [1.807, 2.05) is 0 Å². The number of hydrogen-bond donors (Lipinski definition) is 0. The molecule has 0 aromatic rings. The van der Waals surface area contributed by atoms with Crippen molar-refractivity contribution in [2.45, 2.75) is 31.8 Å². The maximum atomic E-state index is 12.5. The average molecular weight is 311 g/mol. The second-order valence-corrected chi connectivity index (χ2v) is 7.79. The van der Waals surface area contributed by atoms with Gasteiger partial charge in [0.15, 0.2) is 0 Å². The molecular weight excluding hydrogens is 288 g/mol. The first-order valence-electron chi connectivity index (χ1n) is 6.93. The predicted molar refractivity (Wildman–Crippen MR) is 75.5 cm³/mol. The fourth-order valence-electron chi connectivity index (χ4n) is 2.73. The summed E-state index contributed by atoms with van der Waals surface area (Å²) >= 11 is 5.86. The van der Waals surface area contributed by atoms with Crippen LogP contribution >= 0.6 is 11.6 Å². The first-order valence-corrected chi connectivity index (χ1v) is 8.86. The van der Waals surface area contributed by atoms with Gasteiger partial charge in [0.05, 0.1) is 6.10 Å². The third kappa shape index (κ3) is 3.82. The van der Waals surface area contributed by atoms with E-state index in [1.165, 1.54) is 4.31 Å². The lowest BCUT2D eigenvalue weighted by molar-refractivity contribution is 0.0960. The fraction of sp³-hybridized carbons (Fsp3) is 1.00. The Hall–Kier alpha value is 0.120. The third-order valence-corrected chi connectivity index (χ3v) is 6.26. The van der Waals surface area contributed by atoms with Crippen molar-refractivity contribution in [3.8, 4) is 0 Å². The number of likely N-dealkylation sites (N-methyl/N-ethyl adjacent to an activating group) is 1. The molecule has 2 fully saturated rings. The van der Waals surface area contributed by atoms with Gasteiger partial charge in [-0.1, -0.05) is 0 Å². The summed E-state index contributed by atoms with van der Waals surface area (Å²) in [5.74, 6) is 0.808. The summed E-state index contributed by atoms with van der Waals surface area (Å²) in [6, 6.07) is 0. The number of rotatable bonds is 5. The molecule has 0 radical (unpaired) electrons. The van der Waals surface area contributed by atoms with Gasteiger partial charge in [-0.3, -0.25) is 0 Å². The minimum absolute atomic E-state index is 0.0494. The first kappa shape index (κ1) is 15.5. The van der Waals surface area contributed by atoms with E-state index in [0.29, 0.717) is 25.5 Å². The SMILES string of the molecule is CN(CC1CCCO1)S(=O)(=O)N1CCCC(CCl)C1. The van der Waals surface area contributed by atoms with Crippen LogP contribution in [-0.2, 0) is 14.9 Å². The number of halogens is 1. The highest BCUT2D eigenvalue weighted by Gasteiger charge is 2.33. The molecule has 7 heteroatoms. The normalized spacial score (nSPS) is 30.1. The standard InChI is InChI=1S/C12H23ClN2O3S/c1-14(10-12-5-3-7-18-12)19(16,17)15-6-2-4-11(8-13)9-15/h11-12H,2-10H2,1H3. The largest absolute Gasteiger partial charge is 0.377 e. The van der Waals surface area contributed by atoms with Gasteiger partial charge in [0.1, 0.15) is 0 Å². The monoisotopic (exact) mass is 310 g/mol. The quantitative estimate of drug-likeness (QED) is 0.719. The Morgan fingerprint density at radius 2 is 2.16 bits per heavy atom. The Labute approximate surface area is 121 Å². The smallest absolute Gasteiger partial charge is 0.281 e. The van der Waals surface area contributed by atoms with E-state index >= 15 is 0 Å². The number of nitrogens with zero attached hydrogens (tertiary/aromatic N) is 2. The van der Waals surface area contributed by atoms with Gasteiger partial charge in [-0.15, -0.1) is 11.6 Å². The zero-order valence-electron chi connectivity index (χ0n) is 11.4. The molecular formula is C12H23ClN2O3S. The summed E-state index contributed by atoms with van der Waals surface area (Å²) in [6.45, 7) is 2.34. The second kappa shape index (κ2) is 6.72. The molecule has 0 aromatic carbocycles. The molecule has 2 aliphatic heterocycles. The van der Waals surface area contributed by atoms with Crippen molar-refractivity contribution in [1.29, 1.82) is 0 Å². The van der Waals surface area contributed by atoms with Crippen molar-refractivity contribution in [2.24, 2.45) is 5.92 Å². The topological polar surface area (TPSA) is 49.9 Å². The summed E-state index contributed by atoms with van der Waals surface area (Å²) in [7, 11) is -1.72. The third-order valence-electron chi connectivity index (χ3n) is 3.90. The van der Waals surface area contributed by atoms with Crippen molar-refractivity contribution in [1.82, 2.24) is 8.61 Å². The van der Waals surface area contributed by atoms with Crippen LogP contribution in [0.15, 0.2) is 0 Å². The van der Waals surface area contributed by atoms with E-state index in [0.717, 1.165) is 32.3 Å². The molecule has 0 N–H and O–H groups in total. The van der Waals surface area contributed by atoms with Crippen LogP contribution in [0.1, 0.15) is 25.7 Å². The average Bonchev–Trinajstić information content (AvgIpc) is 2.91. The summed E-state index contributed by atoms with van der Waals surface area (Å²) in [6.07, 6.45) is 3.93. The van der Waals surface area contributed by atoms with Crippen LogP contribution in [0, 0.1) is 5.92 Å². The van der Waals surface area contributed by atoms with Crippen LogP contribution in [0.25, 0.3) is 0 Å². The molecule has 2 aliphatic rings. The number of ether oxygens (including phenoxy) is 1. The van der Waals surface area contributed by atoms with Gasteiger partial charge in [-0.2, -0.15) is 17.0 Å². The Kier molecular flexibility index (Phi) is 5.48. The molecule has 2 rings (SSSR count). The summed E-state index contributed by atoms with van der Waals surface area (Å²) in [4.78, 5) is 0. The number of hydrogen-bond acceptors (Lipinski definition) is 3. The highest BCUT2D eigenvalue weighted by Crippen LogP contribution is 2.22. The predicted octanol–water partition coefficient (Wildman–Crippen LogP) is 1.29. The molecule has 0 aromatic heterocycles. The highest BCUT2D eigenvalue weighted by atomic mass is 35.5. The number of piperidine rings is 1. The molecule has 0 amide bonds. The zero-order chi connectivity index (χ0) is 13.9. The summed E-state index contributed by atoms with van der Waals surface area (Å²) in [5.41, 5.74) is 0. The van der Waals surface area contributed by atoms with E-state index in [4.69, 9.17) is 16.3 Å². The molecule has 0 aliphatic carbocycles. The summed E-state index contributed by atoms with van der Waals surface area (Å²) in [5, 5.41) is 0. The van der Waals surface area contributed by atoms with E-state index < -0.39 is 10.2 Å². The van der Waals surface area contributed by atoms with Gasteiger partial charge in [0.2, 0.25) is 0 Å². The molecule has 2 unspecified atom stereocenters. The highest BCUT2D eigenvalue weighted by molar-refractivity contribution is 7.86. The van der Waals surface area contributed by atoms with Crippen molar-refractivity contribution in [3.05, 3.63) is 0 Å². The summed E-state index contributed by atoms with van der Waals surface area (Å²) < 4.78 is 33.5. The van der Waals surface area contributed by atoms with Crippen LogP contribution in [0.3, 0.4) is 0 Å². The van der Waals surface area contributed by atoms with Crippen LogP contribution in [0.5, 0.6) is 0 Å².